The largest absolute Gasteiger partial charge is 0.487 e. The number of likely N-dealkylation sites (N-methyl/N-ethyl adjacent to an activating group) is 1. The molecule has 1 aliphatic carbocycles. The Morgan fingerprint density at radius 1 is 1.21 bits per heavy atom. The SMILES string of the molecule is CN1C[C@@H](F)C[C@H]1COc1nc(N2CCN(C(=O)OC(C)(C)C)CC2)c2cc(Cl)c(Br)c(OC3CC3)c2n1. The minimum atomic E-state index is -0.861. The summed E-state index contributed by atoms with van der Waals surface area (Å²) in [5.41, 5.74) is 0.0481. The first-order chi connectivity index (χ1) is 18.0. The normalized spacial score (nSPS) is 22.7. The molecule has 3 heterocycles. The van der Waals surface area contributed by atoms with Crippen molar-refractivity contribution in [3.05, 3.63) is 15.6 Å². The van der Waals surface area contributed by atoms with Crippen molar-refractivity contribution in [1.82, 2.24) is 19.8 Å². The van der Waals surface area contributed by atoms with Crippen molar-refractivity contribution >= 4 is 50.3 Å². The topological polar surface area (TPSA) is 80.3 Å². The smallest absolute Gasteiger partial charge is 0.410 e. The maximum Gasteiger partial charge on any atom is 0.410 e. The number of benzene rings is 1. The van der Waals surface area contributed by atoms with Gasteiger partial charge in [0.05, 0.1) is 15.6 Å². The molecule has 0 spiro atoms. The van der Waals surface area contributed by atoms with E-state index in [0.717, 1.165) is 18.2 Å². The van der Waals surface area contributed by atoms with Crippen LogP contribution in [0, 0.1) is 0 Å². The fourth-order valence-corrected chi connectivity index (χ4v) is 5.31. The van der Waals surface area contributed by atoms with E-state index in [2.05, 4.69) is 20.8 Å². The Balaban J connectivity index is 1.44. The van der Waals surface area contributed by atoms with E-state index in [0.29, 0.717) is 65.7 Å². The van der Waals surface area contributed by atoms with Crippen molar-refractivity contribution in [2.75, 3.05) is 51.3 Å². The maximum absolute atomic E-state index is 13.9. The third-order valence-corrected chi connectivity index (χ3v) is 8.20. The van der Waals surface area contributed by atoms with E-state index < -0.39 is 11.8 Å². The summed E-state index contributed by atoms with van der Waals surface area (Å²) in [6.07, 6.45) is 1.31. The van der Waals surface area contributed by atoms with Crippen LogP contribution < -0.4 is 14.4 Å². The van der Waals surface area contributed by atoms with Crippen LogP contribution in [-0.4, -0.2) is 96.2 Å². The number of ether oxygens (including phenoxy) is 3. The van der Waals surface area contributed by atoms with E-state index in [1.807, 2.05) is 38.8 Å². The van der Waals surface area contributed by atoms with Crippen LogP contribution in [0.3, 0.4) is 0 Å². The summed E-state index contributed by atoms with van der Waals surface area (Å²) in [7, 11) is 1.89. The summed E-state index contributed by atoms with van der Waals surface area (Å²) in [5, 5.41) is 1.24. The molecule has 3 aliphatic rings. The molecule has 2 atom stereocenters. The lowest BCUT2D eigenvalue weighted by molar-refractivity contribution is 0.0240. The first-order valence-electron chi connectivity index (χ1n) is 13.0. The number of hydrogen-bond donors (Lipinski definition) is 0. The summed E-state index contributed by atoms with van der Waals surface area (Å²) in [6.45, 7) is 8.31. The second kappa shape index (κ2) is 10.8. The van der Waals surface area contributed by atoms with Crippen molar-refractivity contribution in [3.63, 3.8) is 0 Å². The van der Waals surface area contributed by atoms with E-state index in [1.54, 1.807) is 4.90 Å². The first-order valence-corrected chi connectivity index (χ1v) is 14.2. The van der Waals surface area contributed by atoms with Crippen molar-refractivity contribution < 1.29 is 23.4 Å². The van der Waals surface area contributed by atoms with Gasteiger partial charge in [-0.15, -0.1) is 0 Å². The fourth-order valence-electron chi connectivity index (χ4n) is 4.72. The highest BCUT2D eigenvalue weighted by Gasteiger charge is 2.32. The van der Waals surface area contributed by atoms with E-state index >= 15 is 0 Å². The van der Waals surface area contributed by atoms with E-state index in [-0.39, 0.29) is 30.9 Å². The lowest BCUT2D eigenvalue weighted by Crippen LogP contribution is -2.50. The Hall–Kier alpha value is -2.11. The zero-order chi connectivity index (χ0) is 27.2. The van der Waals surface area contributed by atoms with Crippen LogP contribution in [0.4, 0.5) is 15.0 Å². The zero-order valence-electron chi connectivity index (χ0n) is 22.2. The Bertz CT molecular complexity index is 1200. The molecule has 1 amide bonds. The number of fused-ring (bicyclic) bond motifs is 1. The average Bonchev–Trinajstić information content (AvgIpc) is 3.61. The first kappa shape index (κ1) is 27.5. The maximum atomic E-state index is 13.9. The van der Waals surface area contributed by atoms with Gasteiger partial charge >= 0.3 is 12.1 Å². The highest BCUT2D eigenvalue weighted by Crippen LogP contribution is 2.44. The van der Waals surface area contributed by atoms with Gasteiger partial charge in [0.2, 0.25) is 0 Å². The fraction of sp³-hybridized carbons (Fsp3) is 0.654. The Morgan fingerprint density at radius 2 is 1.92 bits per heavy atom. The van der Waals surface area contributed by atoms with E-state index in [9.17, 15) is 9.18 Å². The molecule has 0 unspecified atom stereocenters. The van der Waals surface area contributed by atoms with Gasteiger partial charge in [-0.05, 0) is 69.1 Å². The predicted octanol–water partition coefficient (Wildman–Crippen LogP) is 5.07. The summed E-state index contributed by atoms with van der Waals surface area (Å²) in [6, 6.07) is 1.98. The van der Waals surface area contributed by atoms with Gasteiger partial charge in [-0.3, -0.25) is 4.90 Å². The van der Waals surface area contributed by atoms with Gasteiger partial charge in [0, 0.05) is 44.2 Å². The van der Waals surface area contributed by atoms with Gasteiger partial charge in [0.15, 0.2) is 5.75 Å². The highest BCUT2D eigenvalue weighted by atomic mass is 79.9. The molecule has 12 heteroatoms. The predicted molar refractivity (Wildman–Crippen MR) is 147 cm³/mol. The summed E-state index contributed by atoms with van der Waals surface area (Å²) in [4.78, 5) is 27.9. The van der Waals surface area contributed by atoms with Crippen LogP contribution in [0.25, 0.3) is 10.9 Å². The molecule has 38 heavy (non-hydrogen) atoms. The number of nitrogens with zero attached hydrogens (tertiary/aromatic N) is 5. The van der Waals surface area contributed by atoms with Gasteiger partial charge < -0.3 is 24.0 Å². The number of likely N-dealkylation sites (tertiary alicyclic amines) is 1. The Kier molecular flexibility index (Phi) is 7.81. The Morgan fingerprint density at radius 3 is 2.53 bits per heavy atom. The molecule has 0 bridgehead atoms. The van der Waals surface area contributed by atoms with Gasteiger partial charge in [-0.2, -0.15) is 9.97 Å². The highest BCUT2D eigenvalue weighted by molar-refractivity contribution is 9.10. The molecule has 3 fully saturated rings. The standard InChI is InChI=1S/C26H34BrClFN5O4/c1-26(2,3)38-25(35)34-9-7-33(8-10-34)23-18-12-19(28)20(27)22(37-17-5-6-17)21(18)30-24(31-23)36-14-16-11-15(29)13-32(16)4/h12,15-17H,5-11,13-14H2,1-4H3/t15-,16-/m0/s1. The molecule has 2 aliphatic heterocycles. The lowest BCUT2D eigenvalue weighted by Gasteiger charge is -2.36. The molecule has 1 aromatic heterocycles. The number of aromatic nitrogens is 2. The third-order valence-electron chi connectivity index (χ3n) is 6.88. The van der Waals surface area contributed by atoms with Crippen molar-refractivity contribution in [2.24, 2.45) is 0 Å². The second-order valence-corrected chi connectivity index (χ2v) is 12.4. The number of anilines is 1. The number of carbonyl (C=O) groups is 1. The number of amides is 1. The number of hydrogen-bond acceptors (Lipinski definition) is 8. The monoisotopic (exact) mass is 613 g/mol. The van der Waals surface area contributed by atoms with Gasteiger partial charge in [-0.1, -0.05) is 11.6 Å². The molecule has 0 radical (unpaired) electrons. The molecule has 2 saturated heterocycles. The van der Waals surface area contributed by atoms with Crippen molar-refractivity contribution in [3.8, 4) is 11.8 Å². The number of alkyl halides is 1. The van der Waals surface area contributed by atoms with Gasteiger partial charge in [0.1, 0.15) is 29.7 Å². The minimum Gasteiger partial charge on any atom is -0.487 e. The minimum absolute atomic E-state index is 0.0516. The zero-order valence-corrected chi connectivity index (χ0v) is 24.5. The van der Waals surface area contributed by atoms with Crippen LogP contribution in [0.2, 0.25) is 5.02 Å². The van der Waals surface area contributed by atoms with Crippen molar-refractivity contribution in [1.29, 1.82) is 0 Å². The Labute approximate surface area is 235 Å². The van der Waals surface area contributed by atoms with E-state index in [4.69, 9.17) is 35.8 Å². The third kappa shape index (κ3) is 6.20. The summed E-state index contributed by atoms with van der Waals surface area (Å²) < 4.78 is 32.4. The average molecular weight is 615 g/mol. The number of piperazine rings is 1. The van der Waals surface area contributed by atoms with E-state index in [1.165, 1.54) is 0 Å². The number of rotatable bonds is 6. The van der Waals surface area contributed by atoms with Crippen molar-refractivity contribution in [2.45, 2.75) is 64.0 Å². The van der Waals surface area contributed by atoms with Crippen LogP contribution >= 0.6 is 27.5 Å². The molecule has 9 nitrogen and oxygen atoms in total. The molecule has 2 aromatic rings. The lowest BCUT2D eigenvalue weighted by atomic mass is 10.2. The molecular weight excluding hydrogens is 581 g/mol. The quantitative estimate of drug-likeness (QED) is 0.447. The molecular formula is C26H34BrClFN5O4. The molecule has 5 rings (SSSR count). The summed E-state index contributed by atoms with van der Waals surface area (Å²) in [5.74, 6) is 1.23. The molecule has 208 valence electrons. The molecule has 0 N–H and O–H groups in total. The number of halogens is 3. The van der Waals surface area contributed by atoms with Crippen LogP contribution in [0.1, 0.15) is 40.0 Å². The van der Waals surface area contributed by atoms with Crippen LogP contribution in [-0.2, 0) is 4.74 Å². The number of carbonyl (C=O) groups excluding carboxylic acids is 1. The van der Waals surface area contributed by atoms with Crippen LogP contribution in [0.15, 0.2) is 10.5 Å². The van der Waals surface area contributed by atoms with Gasteiger partial charge in [0.25, 0.3) is 0 Å². The van der Waals surface area contributed by atoms with Crippen LogP contribution in [0.5, 0.6) is 11.8 Å². The molecule has 1 saturated carbocycles. The second-order valence-electron chi connectivity index (χ2n) is 11.2. The summed E-state index contributed by atoms with van der Waals surface area (Å²) >= 11 is 10.2. The molecule has 1 aromatic carbocycles. The van der Waals surface area contributed by atoms with Gasteiger partial charge in [-0.25, -0.2) is 9.18 Å².